The van der Waals surface area contributed by atoms with Gasteiger partial charge in [-0.15, -0.1) is 0 Å². The monoisotopic (exact) mass is 319 g/mol. The molecule has 0 heterocycles. The van der Waals surface area contributed by atoms with Gasteiger partial charge in [-0.1, -0.05) is 12.1 Å². The summed E-state index contributed by atoms with van der Waals surface area (Å²) in [6, 6.07) is 6.70. The third-order valence-corrected chi connectivity index (χ3v) is 0.937. The minimum atomic E-state index is 0. The molecule has 0 aliphatic carbocycles. The molecule has 9 heavy (non-hydrogen) atoms. The molecule has 0 spiro atoms. The van der Waals surface area contributed by atoms with Gasteiger partial charge >= 0.3 is 27.3 Å². The second-order valence-corrected chi connectivity index (χ2v) is 1.56. The van der Waals surface area contributed by atoms with Crippen molar-refractivity contribution in [2.24, 2.45) is 0 Å². The van der Waals surface area contributed by atoms with E-state index < -0.39 is 0 Å². The maximum absolute atomic E-state index is 8.79. The van der Waals surface area contributed by atoms with Gasteiger partial charge in [0.2, 0.25) is 0 Å². The van der Waals surface area contributed by atoms with Gasteiger partial charge in [0.15, 0.2) is 0 Å². The fourth-order valence-corrected chi connectivity index (χ4v) is 0.488. The summed E-state index contributed by atoms with van der Waals surface area (Å²) in [5.74, 6) is 0.146. The molecule has 2 nitrogen and oxygen atoms in total. The molecule has 0 atom stereocenters. The first-order chi connectivity index (χ1) is 3.80. The Morgan fingerprint density at radius 3 is 2.11 bits per heavy atom. The topological polar surface area (TPSA) is 46.2 Å². The zero-order valence-corrected chi connectivity index (χ0v) is 10.5. The summed E-state index contributed by atoms with van der Waals surface area (Å²) >= 11 is 0. The average Bonchev–Trinajstić information content (AvgIpc) is 1.77. The van der Waals surface area contributed by atoms with Crippen LogP contribution in [0.25, 0.3) is 0 Å². The minimum absolute atomic E-state index is 0. The molecule has 0 aromatic heterocycles. The number of anilines is 1. The Bertz CT molecular complexity index is 169. The molecule has 0 saturated carbocycles. The summed E-state index contributed by atoms with van der Waals surface area (Å²) in [5.41, 5.74) is 5.69. The van der Waals surface area contributed by atoms with E-state index in [0.717, 1.165) is 0 Å². The number of nitrogen functional groups attached to an aromatic ring is 1. The van der Waals surface area contributed by atoms with Crippen LogP contribution in [0.5, 0.6) is 5.75 Å². The van der Waals surface area contributed by atoms with Crippen molar-refractivity contribution in [3.8, 4) is 5.75 Å². The number of rotatable bonds is 0. The molecule has 0 aliphatic rings. The van der Waals surface area contributed by atoms with Crippen molar-refractivity contribution in [1.29, 1.82) is 0 Å². The Morgan fingerprint density at radius 2 is 1.78 bits per heavy atom. The predicted molar refractivity (Wildman–Crippen MR) is 41.1 cm³/mol. The number of hydrogen-bond acceptors (Lipinski definition) is 2. The number of benzene rings is 1. The van der Waals surface area contributed by atoms with Crippen LogP contribution in [0.3, 0.4) is 0 Å². The average molecular weight is 318 g/mol. The molecule has 0 unspecified atom stereocenters. The van der Waals surface area contributed by atoms with Crippen LogP contribution in [0.15, 0.2) is 24.3 Å². The summed E-state index contributed by atoms with van der Waals surface area (Å²) in [7, 11) is 0. The first-order valence-electron chi connectivity index (χ1n) is 2.34. The van der Waals surface area contributed by atoms with Gasteiger partial charge in [-0.05, 0) is 12.1 Å². The SMILES string of the molecule is Nc1ccccc1O.[PbH2]. The Morgan fingerprint density at radius 1 is 1.22 bits per heavy atom. The fraction of sp³-hybridized carbons (Fsp3) is 0. The Labute approximate surface area is 73.8 Å². The van der Waals surface area contributed by atoms with E-state index in [4.69, 9.17) is 10.8 Å². The molecule has 3 heteroatoms. The molecule has 0 amide bonds. The number of nitrogens with two attached hydrogens (primary N) is 1. The molecular formula is C6H9NOPb. The van der Waals surface area contributed by atoms with E-state index in [1.165, 1.54) is 0 Å². The molecule has 3 N–H and O–H groups in total. The third kappa shape index (κ3) is 2.21. The van der Waals surface area contributed by atoms with Crippen molar-refractivity contribution in [2.45, 2.75) is 0 Å². The van der Waals surface area contributed by atoms with Crippen molar-refractivity contribution < 1.29 is 5.11 Å². The molecule has 0 fully saturated rings. The Hall–Kier alpha value is -0.258. The van der Waals surface area contributed by atoms with E-state index in [2.05, 4.69) is 0 Å². The molecule has 48 valence electrons. The van der Waals surface area contributed by atoms with Crippen molar-refractivity contribution >= 4 is 33.0 Å². The van der Waals surface area contributed by atoms with Gasteiger partial charge in [0.25, 0.3) is 0 Å². The number of phenolic OH excluding ortho intramolecular Hbond substituents is 1. The summed E-state index contributed by atoms with van der Waals surface area (Å²) in [5, 5.41) is 8.79. The van der Waals surface area contributed by atoms with E-state index in [-0.39, 0.29) is 33.0 Å². The van der Waals surface area contributed by atoms with Crippen LogP contribution in [-0.4, -0.2) is 32.4 Å². The van der Waals surface area contributed by atoms with E-state index in [1.54, 1.807) is 24.3 Å². The zero-order chi connectivity index (χ0) is 5.98. The molecule has 2 radical (unpaired) electrons. The Balaban J connectivity index is 0.000000640. The van der Waals surface area contributed by atoms with Crippen LogP contribution >= 0.6 is 0 Å². The van der Waals surface area contributed by atoms with Crippen molar-refractivity contribution in [1.82, 2.24) is 0 Å². The molecule has 1 rings (SSSR count). The molecule has 1 aromatic carbocycles. The summed E-state index contributed by atoms with van der Waals surface area (Å²) in [4.78, 5) is 0. The number of aromatic hydroxyl groups is 1. The van der Waals surface area contributed by atoms with Crippen molar-refractivity contribution in [2.75, 3.05) is 5.73 Å². The van der Waals surface area contributed by atoms with Crippen molar-refractivity contribution in [3.63, 3.8) is 0 Å². The van der Waals surface area contributed by atoms with Crippen LogP contribution in [-0.2, 0) is 0 Å². The molecular weight excluding hydrogens is 309 g/mol. The number of hydrogen-bond donors (Lipinski definition) is 2. The molecule has 0 saturated heterocycles. The van der Waals surface area contributed by atoms with E-state index in [1.807, 2.05) is 0 Å². The van der Waals surface area contributed by atoms with Gasteiger partial charge in [0.1, 0.15) is 5.75 Å². The van der Waals surface area contributed by atoms with Crippen LogP contribution < -0.4 is 5.73 Å². The molecule has 1 aromatic rings. The van der Waals surface area contributed by atoms with E-state index in [0.29, 0.717) is 5.69 Å². The number of phenols is 1. The predicted octanol–water partition coefficient (Wildman–Crippen LogP) is 0.0582. The third-order valence-electron chi connectivity index (χ3n) is 0.937. The maximum atomic E-state index is 8.79. The van der Waals surface area contributed by atoms with E-state index in [9.17, 15) is 0 Å². The van der Waals surface area contributed by atoms with Crippen LogP contribution in [0, 0.1) is 0 Å². The summed E-state index contributed by atoms with van der Waals surface area (Å²) in [6.45, 7) is 0. The van der Waals surface area contributed by atoms with E-state index >= 15 is 0 Å². The molecule has 0 bridgehead atoms. The van der Waals surface area contributed by atoms with Gasteiger partial charge in [-0.25, -0.2) is 0 Å². The van der Waals surface area contributed by atoms with Gasteiger partial charge < -0.3 is 10.8 Å². The normalized spacial score (nSPS) is 8.00. The van der Waals surface area contributed by atoms with Crippen molar-refractivity contribution in [3.05, 3.63) is 24.3 Å². The van der Waals surface area contributed by atoms with Gasteiger partial charge in [0, 0.05) is 0 Å². The van der Waals surface area contributed by atoms with Crippen LogP contribution in [0.1, 0.15) is 0 Å². The second kappa shape index (κ2) is 3.71. The summed E-state index contributed by atoms with van der Waals surface area (Å²) in [6.07, 6.45) is 0. The Kier molecular flexibility index (Phi) is 3.60. The first-order valence-corrected chi connectivity index (χ1v) is 2.34. The standard InChI is InChI=1S/C6H7NO.Pb.2H/c7-5-3-1-2-4-6(5)8;;;/h1-4,8H,7H2;;;. The molecule has 0 aliphatic heterocycles. The first kappa shape index (κ1) is 8.74. The van der Waals surface area contributed by atoms with Crippen LogP contribution in [0.2, 0.25) is 0 Å². The summed E-state index contributed by atoms with van der Waals surface area (Å²) < 4.78 is 0. The second-order valence-electron chi connectivity index (χ2n) is 1.56. The van der Waals surface area contributed by atoms with Gasteiger partial charge in [-0.2, -0.15) is 0 Å². The zero-order valence-electron chi connectivity index (χ0n) is 5.04. The van der Waals surface area contributed by atoms with Gasteiger partial charge in [0.05, 0.1) is 5.69 Å². The number of para-hydroxylation sites is 2. The van der Waals surface area contributed by atoms with Gasteiger partial charge in [-0.3, -0.25) is 0 Å². The fourth-order valence-electron chi connectivity index (χ4n) is 0.488. The quantitative estimate of drug-likeness (QED) is 0.404. The van der Waals surface area contributed by atoms with Crippen LogP contribution in [0.4, 0.5) is 5.69 Å².